The molecule has 3 aliphatic carbocycles. The summed E-state index contributed by atoms with van der Waals surface area (Å²) in [4.78, 5) is 14.6. The topological polar surface area (TPSA) is 38.7 Å². The Morgan fingerprint density at radius 2 is 1.20 bits per heavy atom. The van der Waals surface area contributed by atoms with Gasteiger partial charge < -0.3 is 0 Å². The van der Waals surface area contributed by atoms with Crippen molar-refractivity contribution in [3.05, 3.63) is 193 Å². The third-order valence-electron chi connectivity index (χ3n) is 10.0. The first-order chi connectivity index (χ1) is 24.8. The second-order valence-corrected chi connectivity index (χ2v) is 13.1. The Balaban J connectivity index is 1.11. The van der Waals surface area contributed by atoms with Crippen molar-refractivity contribution < 1.29 is 0 Å². The molecule has 238 valence electrons. The quantitative estimate of drug-likeness (QED) is 0.182. The smallest absolute Gasteiger partial charge is 0.160 e. The molecule has 4 aromatic carbocycles. The molecule has 0 bridgehead atoms. The first-order valence-electron chi connectivity index (χ1n) is 17.4. The second-order valence-electron chi connectivity index (χ2n) is 13.1. The van der Waals surface area contributed by atoms with Gasteiger partial charge in [0.05, 0.1) is 11.4 Å². The van der Waals surface area contributed by atoms with Crippen molar-refractivity contribution in [3.63, 3.8) is 0 Å². The van der Waals surface area contributed by atoms with E-state index < -0.39 is 0 Å². The number of allylic oxidation sites excluding steroid dienone is 10. The Morgan fingerprint density at radius 1 is 0.540 bits per heavy atom. The molecule has 2 heterocycles. The molecule has 50 heavy (non-hydrogen) atoms. The van der Waals surface area contributed by atoms with Gasteiger partial charge >= 0.3 is 0 Å². The zero-order valence-electron chi connectivity index (χ0n) is 27.7. The fourth-order valence-electron chi connectivity index (χ4n) is 7.47. The van der Waals surface area contributed by atoms with Crippen LogP contribution in [0.25, 0.3) is 61.7 Å². The summed E-state index contributed by atoms with van der Waals surface area (Å²) >= 11 is 0. The van der Waals surface area contributed by atoms with Crippen LogP contribution in [-0.2, 0) is 0 Å². The lowest BCUT2D eigenvalue weighted by molar-refractivity contribution is 0.623. The monoisotopic (exact) mass is 641 g/mol. The van der Waals surface area contributed by atoms with Gasteiger partial charge in [-0.3, -0.25) is 4.98 Å². The number of nitrogens with zero attached hydrogens (tertiary/aromatic N) is 3. The highest BCUT2D eigenvalue weighted by Gasteiger charge is 2.30. The van der Waals surface area contributed by atoms with E-state index in [-0.39, 0.29) is 0 Å². The van der Waals surface area contributed by atoms with Gasteiger partial charge in [0.25, 0.3) is 0 Å². The molecule has 0 saturated carbocycles. The molecule has 2 atom stereocenters. The van der Waals surface area contributed by atoms with Crippen LogP contribution >= 0.6 is 0 Å². The van der Waals surface area contributed by atoms with Gasteiger partial charge in [-0.25, -0.2) is 9.97 Å². The van der Waals surface area contributed by atoms with Crippen LogP contribution in [0.3, 0.4) is 0 Å². The van der Waals surface area contributed by atoms with Crippen LogP contribution in [0.1, 0.15) is 18.4 Å². The number of benzene rings is 4. The molecule has 0 saturated heterocycles. The minimum absolute atomic E-state index is 0.388. The molecule has 0 fully saturated rings. The predicted molar refractivity (Wildman–Crippen MR) is 206 cm³/mol. The fraction of sp³-hybridized carbons (Fsp3) is 0.0851. The molecule has 3 heteroatoms. The molecule has 9 rings (SSSR count). The highest BCUT2D eigenvalue weighted by molar-refractivity contribution is 5.84. The van der Waals surface area contributed by atoms with Gasteiger partial charge in [0.2, 0.25) is 0 Å². The van der Waals surface area contributed by atoms with Crippen molar-refractivity contribution >= 4 is 5.57 Å². The molecule has 2 unspecified atom stereocenters. The molecule has 0 spiro atoms. The van der Waals surface area contributed by atoms with Crippen LogP contribution in [0.4, 0.5) is 0 Å². The fourth-order valence-corrected chi connectivity index (χ4v) is 7.47. The average molecular weight is 642 g/mol. The zero-order chi connectivity index (χ0) is 33.3. The van der Waals surface area contributed by atoms with E-state index in [1.54, 1.807) is 6.20 Å². The maximum atomic E-state index is 5.19. The summed E-state index contributed by atoms with van der Waals surface area (Å²) in [7, 11) is 0. The maximum Gasteiger partial charge on any atom is 0.160 e. The maximum absolute atomic E-state index is 5.19. The third kappa shape index (κ3) is 5.77. The van der Waals surface area contributed by atoms with Crippen LogP contribution in [0.5, 0.6) is 0 Å². The van der Waals surface area contributed by atoms with Crippen molar-refractivity contribution in [2.45, 2.75) is 12.8 Å². The lowest BCUT2D eigenvalue weighted by Crippen LogP contribution is -2.20. The highest BCUT2D eigenvalue weighted by atomic mass is 14.9. The molecule has 0 aliphatic heterocycles. The normalized spacial score (nSPS) is 17.6. The van der Waals surface area contributed by atoms with Crippen LogP contribution in [0.2, 0.25) is 0 Å². The van der Waals surface area contributed by atoms with Crippen molar-refractivity contribution in [3.8, 4) is 56.2 Å². The Kier molecular flexibility index (Phi) is 7.79. The van der Waals surface area contributed by atoms with Crippen molar-refractivity contribution in [2.75, 3.05) is 0 Å². The highest BCUT2D eigenvalue weighted by Crippen LogP contribution is 2.45. The summed E-state index contributed by atoms with van der Waals surface area (Å²) in [5.74, 6) is 1.53. The SMILES string of the molecule is C1=CC2C=C(c3ccc(-c4cc(-c5ccc(-c6cccnc6)cc5)nc(-c5cccc(-c6ccccc6)c5)n4)cc3)C3=C(C=CCC3)C2C=C1. The lowest BCUT2D eigenvalue weighted by atomic mass is 9.70. The Morgan fingerprint density at radius 3 is 1.96 bits per heavy atom. The van der Waals surface area contributed by atoms with Crippen LogP contribution < -0.4 is 0 Å². The Bertz CT molecular complexity index is 2340. The van der Waals surface area contributed by atoms with Crippen molar-refractivity contribution in [2.24, 2.45) is 11.8 Å². The van der Waals surface area contributed by atoms with E-state index in [1.807, 2.05) is 18.3 Å². The lowest BCUT2D eigenvalue weighted by Gasteiger charge is -2.33. The number of hydrogen-bond acceptors (Lipinski definition) is 3. The number of fused-ring (bicyclic) bond motifs is 2. The summed E-state index contributed by atoms with van der Waals surface area (Å²) in [5, 5.41) is 0. The van der Waals surface area contributed by atoms with Gasteiger partial charge in [-0.2, -0.15) is 0 Å². The third-order valence-corrected chi connectivity index (χ3v) is 10.0. The molecule has 3 aliphatic rings. The Labute approximate surface area is 293 Å². The number of pyridine rings is 1. The van der Waals surface area contributed by atoms with Crippen molar-refractivity contribution in [1.82, 2.24) is 15.0 Å². The summed E-state index contributed by atoms with van der Waals surface area (Å²) in [6, 6.07) is 42.7. The standard InChI is InChI=1S/C47H35N3/c1-2-10-32(11-3-1)37-13-8-14-39(28-37)47-49-45(35-23-19-33(20-24-35)40-15-9-27-48-31-40)30-46(50-47)36-25-21-34(22-26-36)44-29-38-12-4-5-16-41(38)42-17-6-7-18-43(42)44/h1-6,8-17,19-31,38,41H,7,18H2. The summed E-state index contributed by atoms with van der Waals surface area (Å²) < 4.78 is 0. The van der Waals surface area contributed by atoms with E-state index in [4.69, 9.17) is 9.97 Å². The molecule has 0 N–H and O–H groups in total. The molecule has 3 nitrogen and oxygen atoms in total. The molecular formula is C47H35N3. The largest absolute Gasteiger partial charge is 0.264 e. The van der Waals surface area contributed by atoms with E-state index in [0.717, 1.165) is 57.6 Å². The summed E-state index contributed by atoms with van der Waals surface area (Å²) in [5.41, 5.74) is 15.0. The summed E-state index contributed by atoms with van der Waals surface area (Å²) in [6.07, 6.45) is 22.1. The van der Waals surface area contributed by atoms with Gasteiger partial charge in [-0.05, 0) is 75.6 Å². The number of hydrogen-bond donors (Lipinski definition) is 0. The zero-order valence-corrected chi connectivity index (χ0v) is 27.7. The predicted octanol–water partition coefficient (Wildman–Crippen LogP) is 11.6. The van der Waals surface area contributed by atoms with Gasteiger partial charge in [-0.15, -0.1) is 0 Å². The second kappa shape index (κ2) is 13.0. The molecule has 0 radical (unpaired) electrons. The molecule has 2 aromatic heterocycles. The molecule has 0 amide bonds. The first kappa shape index (κ1) is 29.9. The van der Waals surface area contributed by atoms with E-state index >= 15 is 0 Å². The van der Waals surface area contributed by atoms with Gasteiger partial charge in [0.15, 0.2) is 5.82 Å². The van der Waals surface area contributed by atoms with Crippen LogP contribution in [0.15, 0.2) is 187 Å². The van der Waals surface area contributed by atoms with Crippen LogP contribution in [-0.4, -0.2) is 15.0 Å². The van der Waals surface area contributed by atoms with Gasteiger partial charge in [-0.1, -0.05) is 146 Å². The van der Waals surface area contributed by atoms with E-state index in [9.17, 15) is 0 Å². The molecular weight excluding hydrogens is 607 g/mol. The minimum Gasteiger partial charge on any atom is -0.264 e. The van der Waals surface area contributed by atoms with Crippen LogP contribution in [0, 0.1) is 11.8 Å². The average Bonchev–Trinajstić information content (AvgIpc) is 3.21. The first-order valence-corrected chi connectivity index (χ1v) is 17.4. The number of aromatic nitrogens is 3. The molecule has 6 aromatic rings. The van der Waals surface area contributed by atoms with Gasteiger partial charge in [0, 0.05) is 40.9 Å². The number of rotatable bonds is 6. The minimum atomic E-state index is 0.388. The van der Waals surface area contributed by atoms with E-state index in [1.165, 1.54) is 27.8 Å². The van der Waals surface area contributed by atoms with E-state index in [0.29, 0.717) is 17.7 Å². The summed E-state index contributed by atoms with van der Waals surface area (Å²) in [6.45, 7) is 0. The Hall–Kier alpha value is -6.19. The van der Waals surface area contributed by atoms with E-state index in [2.05, 4.69) is 157 Å². The van der Waals surface area contributed by atoms with Gasteiger partial charge in [0.1, 0.15) is 0 Å². The van der Waals surface area contributed by atoms with Crippen molar-refractivity contribution in [1.29, 1.82) is 0 Å².